The quantitative estimate of drug-likeness (QED) is 0.664. The summed E-state index contributed by atoms with van der Waals surface area (Å²) in [7, 11) is 0. The van der Waals surface area contributed by atoms with Crippen molar-refractivity contribution in [1.82, 2.24) is 0 Å². The maximum atomic E-state index is 6.21. The van der Waals surface area contributed by atoms with Crippen LogP contribution in [0.15, 0.2) is 4.99 Å². The highest BCUT2D eigenvalue weighted by molar-refractivity contribution is 5.75. The first kappa shape index (κ1) is 16.5. The molecule has 122 valence electrons. The molecule has 1 unspecified atom stereocenters. The Bertz CT molecular complexity index is 617. The zero-order chi connectivity index (χ0) is 16.7. The molecule has 1 aromatic carbocycles. The maximum Gasteiger partial charge on any atom is 0.190 e. The van der Waals surface area contributed by atoms with Crippen LogP contribution in [-0.2, 0) is 6.42 Å². The van der Waals surface area contributed by atoms with E-state index in [9.17, 15) is 0 Å². The first-order chi connectivity index (χ1) is 10.1. The number of hydrogen-bond donors (Lipinski definition) is 2. The van der Waals surface area contributed by atoms with E-state index >= 15 is 0 Å². The number of nitrogens with zero attached hydrogens (tertiary/aromatic N) is 1. The number of hydrogen-bond acceptors (Lipinski definition) is 3. The predicted molar refractivity (Wildman–Crippen MR) is 89.6 cm³/mol. The molecule has 0 aromatic heterocycles. The molecule has 1 atom stereocenters. The van der Waals surface area contributed by atoms with Gasteiger partial charge in [0.1, 0.15) is 17.1 Å². The Balaban J connectivity index is 2.46. The fourth-order valence-corrected chi connectivity index (χ4v) is 2.93. The van der Waals surface area contributed by atoms with Gasteiger partial charge < -0.3 is 20.9 Å². The highest BCUT2D eigenvalue weighted by Gasteiger charge is 2.31. The van der Waals surface area contributed by atoms with Gasteiger partial charge >= 0.3 is 0 Å². The van der Waals surface area contributed by atoms with Gasteiger partial charge in [-0.15, -0.1) is 0 Å². The predicted octanol–water partition coefficient (Wildman–Crippen LogP) is 2.71. The molecule has 0 saturated heterocycles. The molecule has 2 rings (SSSR count). The van der Waals surface area contributed by atoms with Gasteiger partial charge in [-0.2, -0.15) is 0 Å². The highest BCUT2D eigenvalue weighted by Crippen LogP contribution is 2.43. The first-order valence-electron chi connectivity index (χ1n) is 7.69. The lowest BCUT2D eigenvalue weighted by Gasteiger charge is -2.35. The van der Waals surface area contributed by atoms with Crippen LogP contribution in [0.25, 0.3) is 0 Å². The Morgan fingerprint density at radius 1 is 1.18 bits per heavy atom. The lowest BCUT2D eigenvalue weighted by molar-refractivity contribution is 0.0829. The monoisotopic (exact) mass is 305 g/mol. The van der Waals surface area contributed by atoms with Crippen molar-refractivity contribution in [2.24, 2.45) is 16.5 Å². The Morgan fingerprint density at radius 2 is 1.82 bits per heavy atom. The second kappa shape index (κ2) is 5.71. The minimum atomic E-state index is -0.416. The van der Waals surface area contributed by atoms with Crippen LogP contribution in [0.3, 0.4) is 0 Å². The van der Waals surface area contributed by atoms with Crippen molar-refractivity contribution in [3.05, 3.63) is 22.3 Å². The van der Waals surface area contributed by atoms with Crippen molar-refractivity contribution in [3.63, 3.8) is 0 Å². The Kier molecular flexibility index (Phi) is 4.27. The summed E-state index contributed by atoms with van der Waals surface area (Å²) in [5.74, 6) is 1.90. The minimum Gasteiger partial charge on any atom is -0.487 e. The van der Waals surface area contributed by atoms with Crippen LogP contribution in [0.1, 0.15) is 49.4 Å². The van der Waals surface area contributed by atoms with E-state index < -0.39 is 6.23 Å². The molecule has 4 N–H and O–H groups in total. The average Bonchev–Trinajstić information content (AvgIpc) is 2.39. The van der Waals surface area contributed by atoms with Crippen LogP contribution in [0, 0.1) is 20.8 Å². The molecule has 0 bridgehead atoms. The molecule has 5 nitrogen and oxygen atoms in total. The van der Waals surface area contributed by atoms with E-state index in [1.54, 1.807) is 0 Å². The van der Waals surface area contributed by atoms with E-state index in [1.165, 1.54) is 5.56 Å². The van der Waals surface area contributed by atoms with Crippen LogP contribution in [0.5, 0.6) is 11.5 Å². The summed E-state index contributed by atoms with van der Waals surface area (Å²) in [6, 6.07) is 0. The number of benzene rings is 1. The number of fused-ring (bicyclic) bond motifs is 1. The highest BCUT2D eigenvalue weighted by atomic mass is 16.5. The van der Waals surface area contributed by atoms with Gasteiger partial charge in [0.25, 0.3) is 0 Å². The van der Waals surface area contributed by atoms with Crippen molar-refractivity contribution < 1.29 is 9.47 Å². The van der Waals surface area contributed by atoms with Crippen molar-refractivity contribution in [1.29, 1.82) is 0 Å². The average molecular weight is 305 g/mol. The fraction of sp³-hybridized carbons (Fsp3) is 0.588. The summed E-state index contributed by atoms with van der Waals surface area (Å²) >= 11 is 0. The molecule has 0 spiro atoms. The van der Waals surface area contributed by atoms with E-state index in [4.69, 9.17) is 20.9 Å². The number of nitrogens with two attached hydrogens (primary N) is 2. The van der Waals surface area contributed by atoms with Crippen molar-refractivity contribution in [2.75, 3.05) is 0 Å². The van der Waals surface area contributed by atoms with E-state index in [-0.39, 0.29) is 11.6 Å². The number of guanidine groups is 1. The molecule has 1 aliphatic rings. The zero-order valence-electron chi connectivity index (χ0n) is 14.4. The van der Waals surface area contributed by atoms with Gasteiger partial charge in [-0.1, -0.05) is 0 Å². The summed E-state index contributed by atoms with van der Waals surface area (Å²) in [4.78, 5) is 4.04. The standard InChI is InChI=1S/C17H27N3O2/c1-9-10(2)15-13(7-8-17(5,6)22-15)11(3)14(9)21-12(4)20-16(18)19/h12H,7-8H2,1-6H3,(H4,18,19,20). The number of ether oxygens (including phenoxy) is 2. The lowest BCUT2D eigenvalue weighted by Crippen LogP contribution is -2.33. The van der Waals surface area contributed by atoms with E-state index in [0.717, 1.165) is 41.0 Å². The summed E-state index contributed by atoms with van der Waals surface area (Å²) in [5.41, 5.74) is 15.3. The molecular weight excluding hydrogens is 278 g/mol. The van der Waals surface area contributed by atoms with Gasteiger partial charge in [0.05, 0.1) is 0 Å². The third kappa shape index (κ3) is 3.13. The Morgan fingerprint density at radius 3 is 2.41 bits per heavy atom. The Hall–Kier alpha value is -1.91. The number of aliphatic imine (C=N–C) groups is 1. The van der Waals surface area contributed by atoms with Crippen molar-refractivity contribution >= 4 is 5.96 Å². The molecule has 1 heterocycles. The molecule has 0 aliphatic carbocycles. The van der Waals surface area contributed by atoms with Crippen molar-refractivity contribution in [3.8, 4) is 11.5 Å². The second-order valence-electron chi connectivity index (χ2n) is 6.64. The van der Waals surface area contributed by atoms with Gasteiger partial charge in [0, 0.05) is 5.56 Å². The molecule has 0 fully saturated rings. The zero-order valence-corrected chi connectivity index (χ0v) is 14.4. The van der Waals surface area contributed by atoms with Crippen LogP contribution in [0.4, 0.5) is 0 Å². The molecule has 1 aromatic rings. The minimum absolute atomic E-state index is 0.0302. The summed E-state index contributed by atoms with van der Waals surface area (Å²) in [5, 5.41) is 0. The molecule has 1 aliphatic heterocycles. The molecule has 0 saturated carbocycles. The van der Waals surface area contributed by atoms with Gasteiger partial charge in [-0.05, 0) is 71.1 Å². The van der Waals surface area contributed by atoms with Gasteiger partial charge in [-0.25, -0.2) is 4.99 Å². The largest absolute Gasteiger partial charge is 0.487 e. The van der Waals surface area contributed by atoms with E-state index in [1.807, 2.05) is 13.8 Å². The van der Waals surface area contributed by atoms with Crippen LogP contribution < -0.4 is 20.9 Å². The molecule has 22 heavy (non-hydrogen) atoms. The SMILES string of the molecule is Cc1c(C)c2c(c(C)c1OC(C)N=C(N)N)CCC(C)(C)O2. The second-order valence-corrected chi connectivity index (χ2v) is 6.64. The summed E-state index contributed by atoms with van der Waals surface area (Å²) < 4.78 is 12.2. The summed E-state index contributed by atoms with van der Waals surface area (Å²) in [6.07, 6.45) is 1.56. The first-order valence-corrected chi connectivity index (χ1v) is 7.69. The van der Waals surface area contributed by atoms with E-state index in [2.05, 4.69) is 32.7 Å². The molecular formula is C17H27N3O2. The maximum absolute atomic E-state index is 6.21. The topological polar surface area (TPSA) is 82.9 Å². The Labute approximate surface area is 132 Å². The third-order valence-electron chi connectivity index (χ3n) is 4.29. The normalized spacial score (nSPS) is 17.2. The van der Waals surface area contributed by atoms with Crippen LogP contribution in [0.2, 0.25) is 0 Å². The molecule has 0 radical (unpaired) electrons. The smallest absolute Gasteiger partial charge is 0.190 e. The van der Waals surface area contributed by atoms with Crippen LogP contribution in [-0.4, -0.2) is 17.8 Å². The van der Waals surface area contributed by atoms with Gasteiger partial charge in [0.2, 0.25) is 0 Å². The van der Waals surface area contributed by atoms with E-state index in [0.29, 0.717) is 0 Å². The third-order valence-corrected chi connectivity index (χ3v) is 4.29. The fourth-order valence-electron chi connectivity index (χ4n) is 2.93. The lowest BCUT2D eigenvalue weighted by atomic mass is 9.88. The number of rotatable bonds is 3. The van der Waals surface area contributed by atoms with Gasteiger partial charge in [0.15, 0.2) is 12.2 Å². The molecule has 0 amide bonds. The van der Waals surface area contributed by atoms with Gasteiger partial charge in [-0.3, -0.25) is 0 Å². The van der Waals surface area contributed by atoms with Crippen molar-refractivity contribution in [2.45, 2.75) is 66.2 Å². The molecule has 5 heteroatoms. The van der Waals surface area contributed by atoms with Crippen LogP contribution >= 0.6 is 0 Å². The summed E-state index contributed by atoms with van der Waals surface area (Å²) in [6.45, 7) is 12.3.